The normalized spacial score (nSPS) is 13.1. The lowest BCUT2D eigenvalue weighted by Crippen LogP contribution is -2.35. The van der Waals surface area contributed by atoms with Crippen molar-refractivity contribution >= 4 is 49.0 Å². The average molecular weight is 338 g/mol. The summed E-state index contributed by atoms with van der Waals surface area (Å²) < 4.78 is 26.8. The van der Waals surface area contributed by atoms with Crippen molar-refractivity contribution in [2.75, 3.05) is 4.72 Å². The smallest absolute Gasteiger partial charge is 0.243 e. The highest BCUT2D eigenvalue weighted by Crippen LogP contribution is 2.18. The fourth-order valence-corrected chi connectivity index (χ4v) is 2.46. The number of pyridine rings is 1. The molecule has 1 aromatic rings. The van der Waals surface area contributed by atoms with Crippen LogP contribution in [0.2, 0.25) is 0 Å². The molecule has 0 amide bonds. The number of aromatic nitrogens is 1. The number of rotatable bonds is 4. The molecule has 3 N–H and O–H groups in total. The minimum atomic E-state index is -3.64. The number of thiocarbonyl (C=S) groups is 1. The second-order valence-corrected chi connectivity index (χ2v) is 6.84. The van der Waals surface area contributed by atoms with E-state index in [9.17, 15) is 8.42 Å². The van der Waals surface area contributed by atoms with Crippen LogP contribution < -0.4 is 10.5 Å². The van der Waals surface area contributed by atoms with E-state index < -0.39 is 15.3 Å². The first-order valence-electron chi connectivity index (χ1n) is 4.67. The van der Waals surface area contributed by atoms with Crippen LogP contribution >= 0.6 is 28.1 Å². The Balaban J connectivity index is 2.98. The lowest BCUT2D eigenvalue weighted by molar-refractivity contribution is 0.598. The number of nitrogens with zero attached hydrogens (tertiary/aromatic N) is 1. The zero-order chi connectivity index (χ0) is 13.2. The summed E-state index contributed by atoms with van der Waals surface area (Å²) >= 11 is 7.94. The Kier molecular flexibility index (Phi) is 4.45. The molecule has 1 heterocycles. The highest BCUT2D eigenvalue weighted by molar-refractivity contribution is 9.10. The number of aryl methyl sites for hydroxylation is 1. The number of anilines is 1. The molecular weight excluding hydrogens is 326 g/mol. The molecule has 94 valence electrons. The van der Waals surface area contributed by atoms with E-state index in [0.717, 1.165) is 10.0 Å². The summed E-state index contributed by atoms with van der Waals surface area (Å²) in [6.07, 6.45) is 1.53. The predicted molar refractivity (Wildman–Crippen MR) is 75.5 cm³/mol. The maximum Gasteiger partial charge on any atom is 0.243 e. The SMILES string of the molecule is Cc1cc(NS(=O)(=O)C(C)C(N)=S)ncc1Br. The van der Waals surface area contributed by atoms with Crippen LogP contribution in [0.15, 0.2) is 16.7 Å². The first-order valence-corrected chi connectivity index (χ1v) is 7.42. The Labute approximate surface area is 114 Å². The van der Waals surface area contributed by atoms with Gasteiger partial charge in [-0.2, -0.15) is 0 Å². The van der Waals surface area contributed by atoms with E-state index in [0.29, 0.717) is 0 Å². The van der Waals surface area contributed by atoms with Crippen molar-refractivity contribution in [3.05, 3.63) is 22.3 Å². The molecule has 0 saturated carbocycles. The number of nitrogens with one attached hydrogen (secondary N) is 1. The quantitative estimate of drug-likeness (QED) is 0.814. The van der Waals surface area contributed by atoms with E-state index in [1.54, 1.807) is 6.07 Å². The molecule has 0 fully saturated rings. The third-order valence-corrected chi connectivity index (χ3v) is 5.17. The summed E-state index contributed by atoms with van der Waals surface area (Å²) in [5.41, 5.74) is 6.19. The number of sulfonamides is 1. The zero-order valence-corrected chi connectivity index (χ0v) is 12.5. The molecule has 0 aromatic carbocycles. The minimum absolute atomic E-state index is 0.0775. The van der Waals surface area contributed by atoms with E-state index in [1.807, 2.05) is 6.92 Å². The van der Waals surface area contributed by atoms with Crippen LogP contribution in [-0.2, 0) is 10.0 Å². The predicted octanol–water partition coefficient (Wildman–Crippen LogP) is 1.57. The molecule has 1 unspecified atom stereocenters. The molecule has 0 aliphatic carbocycles. The second kappa shape index (κ2) is 5.28. The van der Waals surface area contributed by atoms with E-state index in [-0.39, 0.29) is 10.8 Å². The monoisotopic (exact) mass is 337 g/mol. The maximum absolute atomic E-state index is 11.8. The van der Waals surface area contributed by atoms with Gasteiger partial charge in [0, 0.05) is 10.7 Å². The van der Waals surface area contributed by atoms with Gasteiger partial charge in [0.05, 0.1) is 4.99 Å². The van der Waals surface area contributed by atoms with Crippen molar-refractivity contribution < 1.29 is 8.42 Å². The summed E-state index contributed by atoms with van der Waals surface area (Å²) in [6.45, 7) is 3.26. The van der Waals surface area contributed by atoms with E-state index in [2.05, 4.69) is 37.9 Å². The zero-order valence-electron chi connectivity index (χ0n) is 9.27. The fraction of sp³-hybridized carbons (Fsp3) is 0.333. The molecule has 0 bridgehead atoms. The molecule has 5 nitrogen and oxygen atoms in total. The molecule has 1 atom stereocenters. The number of hydrogen-bond donors (Lipinski definition) is 2. The molecule has 0 saturated heterocycles. The summed E-state index contributed by atoms with van der Waals surface area (Å²) in [5, 5.41) is -0.941. The van der Waals surface area contributed by atoms with Gasteiger partial charge in [0.25, 0.3) is 0 Å². The van der Waals surface area contributed by atoms with Gasteiger partial charge in [0.15, 0.2) is 0 Å². The van der Waals surface area contributed by atoms with Gasteiger partial charge in [-0.1, -0.05) is 12.2 Å². The van der Waals surface area contributed by atoms with Crippen molar-refractivity contribution in [1.29, 1.82) is 0 Å². The average Bonchev–Trinajstić information content (AvgIpc) is 2.22. The second-order valence-electron chi connectivity index (χ2n) is 3.51. The summed E-state index contributed by atoms with van der Waals surface area (Å²) in [6, 6.07) is 1.62. The Morgan fingerprint density at radius 2 is 2.24 bits per heavy atom. The molecule has 1 aromatic heterocycles. The standard InChI is InChI=1S/C9H12BrN3O2S2/c1-5-3-8(12-4-7(5)10)13-17(14,15)6(2)9(11)16/h3-4,6H,1-2H3,(H2,11,16)(H,12,13). The van der Waals surface area contributed by atoms with Crippen molar-refractivity contribution in [3.63, 3.8) is 0 Å². The van der Waals surface area contributed by atoms with Crippen molar-refractivity contribution in [1.82, 2.24) is 4.98 Å². The van der Waals surface area contributed by atoms with Crippen molar-refractivity contribution in [2.24, 2.45) is 5.73 Å². The van der Waals surface area contributed by atoms with Crippen LogP contribution in [0.25, 0.3) is 0 Å². The van der Waals surface area contributed by atoms with Crippen molar-refractivity contribution in [2.45, 2.75) is 19.1 Å². The Morgan fingerprint density at radius 3 is 2.71 bits per heavy atom. The van der Waals surface area contributed by atoms with E-state index in [4.69, 9.17) is 5.73 Å². The molecule has 0 radical (unpaired) electrons. The molecular formula is C9H12BrN3O2S2. The molecule has 0 spiro atoms. The van der Waals surface area contributed by atoms with Gasteiger partial charge in [-0.05, 0) is 41.4 Å². The van der Waals surface area contributed by atoms with E-state index in [1.165, 1.54) is 13.1 Å². The van der Waals surface area contributed by atoms with Gasteiger partial charge < -0.3 is 5.73 Å². The van der Waals surface area contributed by atoms with Crippen LogP contribution in [0, 0.1) is 6.92 Å². The van der Waals surface area contributed by atoms with Gasteiger partial charge in [-0.3, -0.25) is 4.72 Å². The van der Waals surface area contributed by atoms with Crippen LogP contribution in [-0.4, -0.2) is 23.6 Å². The lowest BCUT2D eigenvalue weighted by atomic mass is 10.3. The third-order valence-electron chi connectivity index (χ3n) is 2.16. The Hall–Kier alpha value is -0.730. The Bertz CT molecular complexity index is 545. The minimum Gasteiger partial charge on any atom is -0.392 e. The van der Waals surface area contributed by atoms with Crippen LogP contribution in [0.1, 0.15) is 12.5 Å². The molecule has 1 rings (SSSR count). The highest BCUT2D eigenvalue weighted by Gasteiger charge is 2.23. The largest absolute Gasteiger partial charge is 0.392 e. The van der Waals surface area contributed by atoms with Gasteiger partial charge in [-0.15, -0.1) is 0 Å². The topological polar surface area (TPSA) is 85.1 Å². The van der Waals surface area contributed by atoms with Gasteiger partial charge in [0.1, 0.15) is 11.1 Å². The number of nitrogens with two attached hydrogens (primary N) is 1. The summed E-state index contributed by atoms with van der Waals surface area (Å²) in [5.74, 6) is 0.244. The summed E-state index contributed by atoms with van der Waals surface area (Å²) in [7, 11) is -3.64. The first kappa shape index (κ1) is 14.3. The maximum atomic E-state index is 11.8. The molecule has 0 aliphatic heterocycles. The van der Waals surface area contributed by atoms with Crippen LogP contribution in [0.5, 0.6) is 0 Å². The Morgan fingerprint density at radius 1 is 1.65 bits per heavy atom. The summed E-state index contributed by atoms with van der Waals surface area (Å²) in [4.78, 5) is 3.87. The molecule has 0 aliphatic rings. The van der Waals surface area contributed by atoms with Gasteiger partial charge >= 0.3 is 0 Å². The third kappa shape index (κ3) is 3.62. The lowest BCUT2D eigenvalue weighted by Gasteiger charge is -2.13. The van der Waals surface area contributed by atoms with Gasteiger partial charge in [-0.25, -0.2) is 13.4 Å². The van der Waals surface area contributed by atoms with Crippen LogP contribution in [0.3, 0.4) is 0 Å². The first-order chi connectivity index (χ1) is 7.74. The fourth-order valence-electron chi connectivity index (χ4n) is 0.982. The van der Waals surface area contributed by atoms with E-state index >= 15 is 0 Å². The van der Waals surface area contributed by atoms with Gasteiger partial charge in [0.2, 0.25) is 10.0 Å². The highest BCUT2D eigenvalue weighted by atomic mass is 79.9. The molecule has 17 heavy (non-hydrogen) atoms. The number of halogens is 1. The van der Waals surface area contributed by atoms with Crippen molar-refractivity contribution in [3.8, 4) is 0 Å². The molecule has 8 heteroatoms. The van der Waals surface area contributed by atoms with Crippen LogP contribution in [0.4, 0.5) is 5.82 Å². The number of hydrogen-bond acceptors (Lipinski definition) is 4.